The van der Waals surface area contributed by atoms with E-state index in [1.165, 1.54) is 16.7 Å². The second-order valence-electron chi connectivity index (χ2n) is 5.87. The predicted molar refractivity (Wildman–Crippen MR) is 111 cm³/mol. The van der Waals surface area contributed by atoms with Gasteiger partial charge >= 0.3 is 49.9 Å². The Morgan fingerprint density at radius 3 is 2.27 bits per heavy atom. The fourth-order valence-corrected chi connectivity index (χ4v) is 2.57. The summed E-state index contributed by atoms with van der Waals surface area (Å²) in [6.45, 7) is 5.45. The molecule has 0 aliphatic heterocycles. The molecule has 0 fully saturated rings. The van der Waals surface area contributed by atoms with Crippen molar-refractivity contribution in [3.05, 3.63) is 85.6 Å². The van der Waals surface area contributed by atoms with Crippen molar-refractivity contribution in [1.29, 1.82) is 0 Å². The van der Waals surface area contributed by atoms with E-state index >= 15 is 0 Å². The molecule has 0 aliphatic carbocycles. The summed E-state index contributed by atoms with van der Waals surface area (Å²) in [5.74, 6) is 1.05. The van der Waals surface area contributed by atoms with Gasteiger partial charge in [0.1, 0.15) is 18.1 Å². The van der Waals surface area contributed by atoms with Crippen LogP contribution in [0.25, 0.3) is 11.3 Å². The van der Waals surface area contributed by atoms with Gasteiger partial charge in [0.2, 0.25) is 0 Å². The fourth-order valence-electron chi connectivity index (χ4n) is 2.57. The average molecular weight is 557 g/mol. The van der Waals surface area contributed by atoms with E-state index in [0.717, 1.165) is 12.1 Å². The van der Waals surface area contributed by atoms with Crippen LogP contribution in [0.4, 0.5) is 18.9 Å². The predicted octanol–water partition coefficient (Wildman–Crippen LogP) is 7.62. The monoisotopic (exact) mass is 554 g/mol. The van der Waals surface area contributed by atoms with E-state index in [1.807, 2.05) is 0 Å². The van der Waals surface area contributed by atoms with Crippen molar-refractivity contribution in [2.24, 2.45) is 0 Å². The number of rotatable bonds is 4. The number of hydrogen-bond acceptors (Lipinski definition) is 1. The number of aromatic hydroxyl groups is 1. The first-order chi connectivity index (χ1) is 14.0. The third kappa shape index (κ3) is 6.74. The minimum absolute atomic E-state index is 0.0593. The Kier molecular flexibility index (Phi) is 8.80. The van der Waals surface area contributed by atoms with Crippen molar-refractivity contribution in [1.82, 2.24) is 0 Å². The molecule has 0 spiro atoms. The van der Waals surface area contributed by atoms with Crippen molar-refractivity contribution in [2.75, 3.05) is 0 Å². The number of benzene rings is 2. The zero-order valence-electron chi connectivity index (χ0n) is 15.3. The van der Waals surface area contributed by atoms with Crippen molar-refractivity contribution in [3.63, 3.8) is 0 Å². The molecule has 0 saturated heterocycles. The van der Waals surface area contributed by atoms with Gasteiger partial charge in [0.25, 0.3) is 0 Å². The van der Waals surface area contributed by atoms with E-state index in [9.17, 15) is 18.3 Å². The Bertz CT molecular complexity index is 1020. The Morgan fingerprint density at radius 1 is 1.03 bits per heavy atom. The number of hydrogen-bond donors (Lipinski definition) is 1. The average Bonchev–Trinajstić information content (AvgIpc) is 3.01. The number of alkyl halides is 3. The molecule has 10 heteroatoms. The molecule has 30 heavy (non-hydrogen) atoms. The summed E-state index contributed by atoms with van der Waals surface area (Å²) >= 11 is -2.13. The van der Waals surface area contributed by atoms with E-state index in [4.69, 9.17) is 25.5 Å². The summed E-state index contributed by atoms with van der Waals surface area (Å²) < 4.78 is 42.6. The maximum atomic E-state index is 12.9. The van der Waals surface area contributed by atoms with Crippen molar-refractivity contribution >= 4 is 37.9 Å². The summed E-state index contributed by atoms with van der Waals surface area (Å²) in [6, 6.07) is 15.0. The molecule has 0 radical (unpaired) electrons. The molecule has 1 aromatic heterocycles. The summed E-state index contributed by atoms with van der Waals surface area (Å²) in [6.07, 6.45) is -4.41. The fraction of sp³-hybridized carbons (Fsp3) is 0.0500. The molecule has 3 rings (SSSR count). The van der Waals surface area contributed by atoms with E-state index in [2.05, 4.69) is 17.9 Å². The number of nitrogens with zero attached hydrogens (tertiary/aromatic N) is 1. The summed E-state index contributed by atoms with van der Waals surface area (Å²) in [4.78, 5) is 0. The molecule has 0 bridgehead atoms. The van der Waals surface area contributed by atoms with Crippen LogP contribution in [0.15, 0.2) is 64.7 Å². The zero-order valence-corrected chi connectivity index (χ0v) is 20.1. The third-order valence-electron chi connectivity index (χ3n) is 3.90. The van der Waals surface area contributed by atoms with Crippen molar-refractivity contribution in [2.45, 2.75) is 6.18 Å². The minimum atomic E-state index is -4.41. The summed E-state index contributed by atoms with van der Waals surface area (Å²) in [7, 11) is 18.8. The second-order valence-corrected chi connectivity index (χ2v) is 17.1. The molecule has 0 unspecified atom stereocenters. The van der Waals surface area contributed by atoms with Crippen LogP contribution in [0, 0.1) is 13.7 Å². The number of phenolic OH excluding ortho intramolecular Hbond substituents is 1. The molecule has 0 amide bonds. The van der Waals surface area contributed by atoms with E-state index in [-0.39, 0.29) is 5.75 Å². The molecule has 2 aromatic carbocycles. The van der Waals surface area contributed by atoms with Crippen LogP contribution in [-0.4, -0.2) is 16.4 Å². The Morgan fingerprint density at radius 2 is 1.67 bits per heavy atom. The van der Waals surface area contributed by atoms with Gasteiger partial charge in [-0.15, -0.1) is 0 Å². The van der Waals surface area contributed by atoms with Crippen LogP contribution in [0.3, 0.4) is 0 Å². The molecule has 0 saturated carbocycles. The molecule has 3 aromatic rings. The molecular formula is C20H16Cl3F3NO2Zr. The first kappa shape index (κ1) is 24.7. The van der Waals surface area contributed by atoms with Crippen LogP contribution >= 0.6 is 25.5 Å². The van der Waals surface area contributed by atoms with Gasteiger partial charge in [-0.25, -0.2) is 0 Å². The van der Waals surface area contributed by atoms with Crippen LogP contribution in [0.2, 0.25) is 0 Å². The summed E-state index contributed by atoms with van der Waals surface area (Å²) in [5, 5.41) is 9.88. The molecule has 0 atom stereocenters. The van der Waals surface area contributed by atoms with Gasteiger partial charge < -0.3 is 9.15 Å². The van der Waals surface area contributed by atoms with Gasteiger partial charge in [-0.1, -0.05) is 42.5 Å². The standard InChI is InChI=1S/C20H16F3NO2.3ClH.Zr/c1-24(17-8-3-4-9-18(17)25)13-16-10-11-19(26(16)2)14-6-5-7-15(12-14)20(21,22)23;;;;/h3-13,25H,1-2H2;3*1H;/q;;;;+3/p-3. The SMILES string of the molecule is C=[N+]([CH-]c1ccc(-c2cccc(C(F)(F)F)c2)[o+]1[CH2-])c1ccccc1O.[Cl][Zr]([Cl])[Cl]. The second kappa shape index (κ2) is 10.7. The van der Waals surface area contributed by atoms with Crippen molar-refractivity contribution in [3.8, 4) is 17.1 Å². The molecule has 3 nitrogen and oxygen atoms in total. The Hall–Kier alpha value is -1.53. The maximum absolute atomic E-state index is 12.9. The third-order valence-corrected chi connectivity index (χ3v) is 3.90. The zero-order chi connectivity index (χ0) is 22.5. The van der Waals surface area contributed by atoms with Crippen LogP contribution in [0.5, 0.6) is 5.75 Å². The molecular weight excluding hydrogens is 541 g/mol. The number of halogens is 6. The molecule has 1 heterocycles. The van der Waals surface area contributed by atoms with Gasteiger partial charge in [0, 0.05) is 5.56 Å². The summed E-state index contributed by atoms with van der Waals surface area (Å²) in [5.41, 5.74) is 0.128. The molecule has 0 aliphatic rings. The number of furan rings is 1. The van der Waals surface area contributed by atoms with Crippen LogP contribution in [0.1, 0.15) is 11.3 Å². The topological polar surface area (TPSA) is 25.9 Å². The van der Waals surface area contributed by atoms with Crippen LogP contribution in [-0.2, 0) is 24.3 Å². The Labute approximate surface area is 191 Å². The van der Waals surface area contributed by atoms with Crippen LogP contribution < -0.4 is 0 Å². The van der Waals surface area contributed by atoms with E-state index in [1.54, 1.807) is 42.9 Å². The number of para-hydroxylation sites is 2. The van der Waals surface area contributed by atoms with Gasteiger partial charge in [-0.3, -0.25) is 4.58 Å². The first-order valence-electron chi connectivity index (χ1n) is 8.20. The van der Waals surface area contributed by atoms with E-state index in [0.29, 0.717) is 22.8 Å². The van der Waals surface area contributed by atoms with Gasteiger partial charge in [0.15, 0.2) is 11.4 Å². The first-order valence-corrected chi connectivity index (χ1v) is 17.7. The molecule has 159 valence electrons. The molecule has 1 N–H and O–H groups in total. The van der Waals surface area contributed by atoms with Gasteiger partial charge in [0.05, 0.1) is 19.4 Å². The number of phenols is 1. The Balaban J connectivity index is 0.000000735. The van der Waals surface area contributed by atoms with Crippen molar-refractivity contribution < 1.29 is 45.1 Å². The van der Waals surface area contributed by atoms with Gasteiger partial charge in [-0.05, 0) is 18.2 Å². The normalized spacial score (nSPS) is 10.7. The quantitative estimate of drug-likeness (QED) is 0.152. The van der Waals surface area contributed by atoms with E-state index < -0.39 is 29.9 Å². The van der Waals surface area contributed by atoms with Gasteiger partial charge in [-0.2, -0.15) is 13.2 Å².